The molecule has 4 heteroatoms. The standard InChI is InChI=1S/C11H15N3O/c1-11(2,12)6-13-8-3-4-9-10(5-8)15-7-14-9/h3-5,7,13H,6,12H2,1-2H3. The van der Waals surface area contributed by atoms with Crippen LogP contribution in [0.1, 0.15) is 13.8 Å². The molecule has 0 aliphatic rings. The van der Waals surface area contributed by atoms with Crippen molar-refractivity contribution < 1.29 is 4.42 Å². The molecular formula is C11H15N3O. The summed E-state index contributed by atoms with van der Waals surface area (Å²) in [7, 11) is 0. The van der Waals surface area contributed by atoms with Crippen LogP contribution in [0, 0.1) is 0 Å². The summed E-state index contributed by atoms with van der Waals surface area (Å²) in [5.74, 6) is 0. The van der Waals surface area contributed by atoms with Crippen LogP contribution in [0.5, 0.6) is 0 Å². The van der Waals surface area contributed by atoms with E-state index in [1.165, 1.54) is 6.39 Å². The van der Waals surface area contributed by atoms with Crippen molar-refractivity contribution in [2.75, 3.05) is 11.9 Å². The molecule has 4 nitrogen and oxygen atoms in total. The molecule has 1 aromatic carbocycles. The lowest BCUT2D eigenvalue weighted by Crippen LogP contribution is -2.39. The van der Waals surface area contributed by atoms with Crippen LogP contribution in [-0.4, -0.2) is 17.1 Å². The number of nitrogens with one attached hydrogen (secondary N) is 1. The first kappa shape index (κ1) is 9.98. The van der Waals surface area contributed by atoms with Crippen molar-refractivity contribution in [1.29, 1.82) is 0 Å². The summed E-state index contributed by atoms with van der Waals surface area (Å²) in [6.45, 7) is 4.67. The van der Waals surface area contributed by atoms with Gasteiger partial charge in [-0.25, -0.2) is 4.98 Å². The number of nitrogens with zero attached hydrogens (tertiary/aromatic N) is 1. The largest absolute Gasteiger partial charge is 0.443 e. The zero-order valence-corrected chi connectivity index (χ0v) is 8.95. The van der Waals surface area contributed by atoms with Crippen LogP contribution < -0.4 is 11.1 Å². The smallest absolute Gasteiger partial charge is 0.181 e. The van der Waals surface area contributed by atoms with E-state index in [0.717, 1.165) is 16.8 Å². The molecule has 0 unspecified atom stereocenters. The maximum absolute atomic E-state index is 5.88. The Morgan fingerprint density at radius 1 is 1.47 bits per heavy atom. The minimum absolute atomic E-state index is 0.226. The van der Waals surface area contributed by atoms with Gasteiger partial charge in [-0.1, -0.05) is 0 Å². The van der Waals surface area contributed by atoms with E-state index in [9.17, 15) is 0 Å². The van der Waals surface area contributed by atoms with E-state index >= 15 is 0 Å². The number of fused-ring (bicyclic) bond motifs is 1. The Hall–Kier alpha value is -1.55. The van der Waals surface area contributed by atoms with Crippen LogP contribution in [0.2, 0.25) is 0 Å². The van der Waals surface area contributed by atoms with E-state index in [-0.39, 0.29) is 5.54 Å². The van der Waals surface area contributed by atoms with Gasteiger partial charge in [0.05, 0.1) is 0 Å². The summed E-state index contributed by atoms with van der Waals surface area (Å²) < 4.78 is 5.21. The Kier molecular flexibility index (Phi) is 2.36. The van der Waals surface area contributed by atoms with Gasteiger partial charge in [-0.2, -0.15) is 0 Å². The van der Waals surface area contributed by atoms with Crippen molar-refractivity contribution in [1.82, 2.24) is 4.98 Å². The molecule has 15 heavy (non-hydrogen) atoms. The van der Waals surface area contributed by atoms with Gasteiger partial charge in [0.2, 0.25) is 0 Å². The van der Waals surface area contributed by atoms with Gasteiger partial charge in [0.1, 0.15) is 5.52 Å². The number of nitrogens with two attached hydrogens (primary N) is 1. The highest BCUT2D eigenvalue weighted by Crippen LogP contribution is 2.18. The highest BCUT2D eigenvalue weighted by molar-refractivity contribution is 5.76. The number of anilines is 1. The van der Waals surface area contributed by atoms with Gasteiger partial charge in [-0.3, -0.25) is 0 Å². The van der Waals surface area contributed by atoms with E-state index < -0.39 is 0 Å². The quantitative estimate of drug-likeness (QED) is 0.804. The third-order valence-electron chi connectivity index (χ3n) is 2.08. The first-order valence-corrected chi connectivity index (χ1v) is 4.91. The lowest BCUT2D eigenvalue weighted by atomic mass is 10.1. The predicted octanol–water partition coefficient (Wildman–Crippen LogP) is 1.98. The Morgan fingerprint density at radius 3 is 3.00 bits per heavy atom. The van der Waals surface area contributed by atoms with Gasteiger partial charge in [0.15, 0.2) is 12.0 Å². The maximum Gasteiger partial charge on any atom is 0.181 e. The van der Waals surface area contributed by atoms with Crippen molar-refractivity contribution >= 4 is 16.8 Å². The van der Waals surface area contributed by atoms with Crippen LogP contribution in [-0.2, 0) is 0 Å². The molecule has 0 atom stereocenters. The molecule has 0 aliphatic carbocycles. The molecule has 1 aromatic heterocycles. The van der Waals surface area contributed by atoms with Gasteiger partial charge in [0.25, 0.3) is 0 Å². The summed E-state index contributed by atoms with van der Waals surface area (Å²) in [6, 6.07) is 5.81. The van der Waals surface area contributed by atoms with Gasteiger partial charge >= 0.3 is 0 Å². The maximum atomic E-state index is 5.88. The fourth-order valence-corrected chi connectivity index (χ4v) is 1.29. The number of oxazole rings is 1. The number of benzene rings is 1. The Labute approximate surface area is 88.5 Å². The SMILES string of the molecule is CC(C)(N)CNc1ccc2ncoc2c1. The second-order valence-electron chi connectivity index (χ2n) is 4.38. The number of aromatic nitrogens is 1. The number of hydrogen-bond donors (Lipinski definition) is 2. The van der Waals surface area contributed by atoms with Crippen LogP contribution in [0.3, 0.4) is 0 Å². The molecule has 2 aromatic rings. The third-order valence-corrected chi connectivity index (χ3v) is 2.08. The highest BCUT2D eigenvalue weighted by atomic mass is 16.3. The second-order valence-corrected chi connectivity index (χ2v) is 4.38. The Bertz CT molecular complexity index is 456. The zero-order chi connectivity index (χ0) is 10.9. The average molecular weight is 205 g/mol. The van der Waals surface area contributed by atoms with Crippen LogP contribution in [0.25, 0.3) is 11.1 Å². The van der Waals surface area contributed by atoms with E-state index in [1.807, 2.05) is 32.0 Å². The highest BCUT2D eigenvalue weighted by Gasteiger charge is 2.10. The van der Waals surface area contributed by atoms with Crippen molar-refractivity contribution in [3.8, 4) is 0 Å². The predicted molar refractivity (Wildman–Crippen MR) is 60.8 cm³/mol. The van der Waals surface area contributed by atoms with Crippen molar-refractivity contribution in [2.24, 2.45) is 5.73 Å². The molecule has 2 rings (SSSR count). The Morgan fingerprint density at radius 2 is 2.27 bits per heavy atom. The summed E-state index contributed by atoms with van der Waals surface area (Å²) in [6.07, 6.45) is 1.45. The minimum atomic E-state index is -0.226. The van der Waals surface area contributed by atoms with Gasteiger partial charge in [-0.15, -0.1) is 0 Å². The number of rotatable bonds is 3. The minimum Gasteiger partial charge on any atom is -0.443 e. The summed E-state index contributed by atoms with van der Waals surface area (Å²) in [5, 5.41) is 3.25. The Balaban J connectivity index is 2.15. The zero-order valence-electron chi connectivity index (χ0n) is 8.95. The summed E-state index contributed by atoms with van der Waals surface area (Å²) in [5.41, 5.74) is 8.30. The first-order valence-electron chi connectivity index (χ1n) is 4.91. The fourth-order valence-electron chi connectivity index (χ4n) is 1.29. The molecule has 80 valence electrons. The van der Waals surface area contributed by atoms with E-state index in [1.54, 1.807) is 0 Å². The number of hydrogen-bond acceptors (Lipinski definition) is 4. The average Bonchev–Trinajstić information content (AvgIpc) is 2.60. The van der Waals surface area contributed by atoms with Crippen LogP contribution >= 0.6 is 0 Å². The van der Waals surface area contributed by atoms with E-state index in [2.05, 4.69) is 10.3 Å². The summed E-state index contributed by atoms with van der Waals surface area (Å²) in [4.78, 5) is 4.05. The molecule has 0 saturated carbocycles. The molecule has 0 bridgehead atoms. The topological polar surface area (TPSA) is 64.1 Å². The van der Waals surface area contributed by atoms with E-state index in [4.69, 9.17) is 10.2 Å². The van der Waals surface area contributed by atoms with Gasteiger partial charge in [0, 0.05) is 23.8 Å². The normalized spacial score (nSPS) is 11.9. The van der Waals surface area contributed by atoms with Crippen LogP contribution in [0.4, 0.5) is 5.69 Å². The van der Waals surface area contributed by atoms with Crippen molar-refractivity contribution in [3.05, 3.63) is 24.6 Å². The molecule has 0 aliphatic heterocycles. The molecule has 0 amide bonds. The summed E-state index contributed by atoms with van der Waals surface area (Å²) >= 11 is 0. The monoisotopic (exact) mass is 205 g/mol. The van der Waals surface area contributed by atoms with Crippen molar-refractivity contribution in [2.45, 2.75) is 19.4 Å². The van der Waals surface area contributed by atoms with Gasteiger partial charge in [-0.05, 0) is 26.0 Å². The van der Waals surface area contributed by atoms with Gasteiger partial charge < -0.3 is 15.5 Å². The van der Waals surface area contributed by atoms with Crippen molar-refractivity contribution in [3.63, 3.8) is 0 Å². The van der Waals surface area contributed by atoms with E-state index in [0.29, 0.717) is 6.54 Å². The molecule has 3 N–H and O–H groups in total. The van der Waals surface area contributed by atoms with Crippen LogP contribution in [0.15, 0.2) is 29.0 Å². The molecule has 0 spiro atoms. The third kappa shape index (κ3) is 2.47. The lowest BCUT2D eigenvalue weighted by molar-refractivity contribution is 0.549. The fraction of sp³-hybridized carbons (Fsp3) is 0.364. The molecule has 1 heterocycles. The first-order chi connectivity index (χ1) is 7.04. The lowest BCUT2D eigenvalue weighted by Gasteiger charge is -2.19. The molecule has 0 saturated heterocycles. The molecule has 0 radical (unpaired) electrons. The molecular weight excluding hydrogens is 190 g/mol. The second kappa shape index (κ2) is 3.55. The molecule has 0 fully saturated rings.